The average molecular weight is 245 g/mol. The van der Waals surface area contributed by atoms with Crippen molar-refractivity contribution in [2.75, 3.05) is 33.9 Å². The van der Waals surface area contributed by atoms with Gasteiger partial charge in [0.05, 0.1) is 18.5 Å². The quantitative estimate of drug-likeness (QED) is 0.412. The molecule has 0 spiro atoms. The first kappa shape index (κ1) is 16.4. The van der Waals surface area contributed by atoms with Gasteiger partial charge in [-0.25, -0.2) is 0 Å². The van der Waals surface area contributed by atoms with Crippen LogP contribution in [-0.2, 0) is 4.74 Å². The highest BCUT2D eigenvalue weighted by Gasteiger charge is 2.21. The molecule has 5 nitrogen and oxygen atoms in total. The number of methoxy groups -OCH3 is 1. The average Bonchev–Trinajstić information content (AvgIpc) is 2.16. The van der Waals surface area contributed by atoms with Gasteiger partial charge in [-0.05, 0) is 26.4 Å². The van der Waals surface area contributed by atoms with Gasteiger partial charge in [0.2, 0.25) is 0 Å². The van der Waals surface area contributed by atoms with Crippen molar-refractivity contribution in [3.8, 4) is 0 Å². The Kier molecular flexibility index (Phi) is 7.34. The molecule has 4 N–H and O–H groups in total. The maximum atomic E-state index is 9.55. The van der Waals surface area contributed by atoms with Crippen LogP contribution in [0.5, 0.6) is 0 Å². The minimum Gasteiger partial charge on any atom is -0.389 e. The van der Waals surface area contributed by atoms with Gasteiger partial charge < -0.3 is 20.5 Å². The van der Waals surface area contributed by atoms with Crippen molar-refractivity contribution in [3.05, 3.63) is 0 Å². The van der Waals surface area contributed by atoms with E-state index in [0.29, 0.717) is 13.2 Å². The number of hydrogen-bond acceptors (Lipinski definition) is 4. The number of aliphatic hydroxyl groups is 1. The second-order valence-electron chi connectivity index (χ2n) is 5.27. The minimum absolute atomic E-state index is 0.230. The largest absolute Gasteiger partial charge is 0.389 e. The summed E-state index contributed by atoms with van der Waals surface area (Å²) in [5.41, 5.74) is 5.29. The smallest absolute Gasteiger partial charge is 0.0963 e. The Balaban J connectivity index is 3.78. The lowest BCUT2D eigenvalue weighted by molar-refractivity contribution is 0.0427. The van der Waals surface area contributed by atoms with Gasteiger partial charge >= 0.3 is 0 Å². The third kappa shape index (κ3) is 7.31. The summed E-state index contributed by atoms with van der Waals surface area (Å²) in [6.07, 6.45) is 1.40. The maximum absolute atomic E-state index is 9.55. The van der Waals surface area contributed by atoms with Crippen molar-refractivity contribution >= 4 is 5.84 Å². The lowest BCUT2D eigenvalue weighted by atomic mass is 9.86. The van der Waals surface area contributed by atoms with Crippen molar-refractivity contribution in [2.45, 2.75) is 32.8 Å². The lowest BCUT2D eigenvalue weighted by Crippen LogP contribution is -2.34. The van der Waals surface area contributed by atoms with Crippen LogP contribution in [-0.4, -0.2) is 55.8 Å². The first-order valence-electron chi connectivity index (χ1n) is 5.99. The molecule has 0 radical (unpaired) electrons. The molecule has 0 aliphatic heterocycles. The van der Waals surface area contributed by atoms with Crippen LogP contribution in [0.25, 0.3) is 0 Å². The molecule has 0 heterocycles. The first-order chi connectivity index (χ1) is 7.79. The van der Waals surface area contributed by atoms with Gasteiger partial charge in [0.15, 0.2) is 0 Å². The predicted molar refractivity (Wildman–Crippen MR) is 70.3 cm³/mol. The minimum atomic E-state index is -0.439. The van der Waals surface area contributed by atoms with Gasteiger partial charge in [-0.2, -0.15) is 0 Å². The fourth-order valence-corrected chi connectivity index (χ4v) is 1.62. The zero-order valence-electron chi connectivity index (χ0n) is 11.5. The van der Waals surface area contributed by atoms with Crippen molar-refractivity contribution < 1.29 is 9.84 Å². The Labute approximate surface area is 104 Å². The normalized spacial score (nSPS) is 14.0. The monoisotopic (exact) mass is 245 g/mol. The summed E-state index contributed by atoms with van der Waals surface area (Å²) in [7, 11) is 3.55. The molecule has 5 heteroatoms. The molecule has 0 aromatic carbocycles. The predicted octanol–water partition coefficient (Wildman–Crippen LogP) is 0.668. The zero-order chi connectivity index (χ0) is 13.5. The molecule has 0 bridgehead atoms. The van der Waals surface area contributed by atoms with E-state index in [4.69, 9.17) is 15.9 Å². The van der Waals surface area contributed by atoms with E-state index < -0.39 is 6.10 Å². The number of aliphatic hydroxyl groups excluding tert-OH is 1. The molecule has 0 aliphatic rings. The molecule has 0 saturated carbocycles. The Morgan fingerprint density at radius 1 is 1.53 bits per heavy atom. The van der Waals surface area contributed by atoms with E-state index in [1.165, 1.54) is 0 Å². The molecule has 1 atom stereocenters. The van der Waals surface area contributed by atoms with Gasteiger partial charge in [0.1, 0.15) is 0 Å². The maximum Gasteiger partial charge on any atom is 0.0963 e. The zero-order valence-corrected chi connectivity index (χ0v) is 11.5. The Morgan fingerprint density at radius 2 is 2.12 bits per heavy atom. The van der Waals surface area contributed by atoms with Crippen LogP contribution in [0.15, 0.2) is 0 Å². The van der Waals surface area contributed by atoms with Crippen molar-refractivity contribution in [3.63, 3.8) is 0 Å². The fourth-order valence-electron chi connectivity index (χ4n) is 1.62. The number of nitrogens with two attached hydrogens (primary N) is 1. The standard InChI is InChI=1S/C12H27N3O2/c1-12(2,11(13)14)6-5-7-15(3)8-10(16)9-17-4/h10,16H,5-9H2,1-4H3,(H3,13,14). The van der Waals surface area contributed by atoms with E-state index >= 15 is 0 Å². The van der Waals surface area contributed by atoms with E-state index in [-0.39, 0.29) is 11.3 Å². The summed E-state index contributed by atoms with van der Waals surface area (Å²) in [5, 5.41) is 17.0. The molecular formula is C12H27N3O2. The molecule has 0 fully saturated rings. The van der Waals surface area contributed by atoms with Gasteiger partial charge in [-0.15, -0.1) is 0 Å². The number of ether oxygens (including phenoxy) is 1. The molecule has 0 saturated heterocycles. The van der Waals surface area contributed by atoms with E-state index in [0.717, 1.165) is 19.4 Å². The second kappa shape index (κ2) is 7.63. The van der Waals surface area contributed by atoms with Crippen LogP contribution in [0.1, 0.15) is 26.7 Å². The number of rotatable bonds is 9. The number of amidine groups is 1. The van der Waals surface area contributed by atoms with E-state index in [1.807, 2.05) is 20.9 Å². The summed E-state index contributed by atoms with van der Waals surface area (Å²) in [4.78, 5) is 2.07. The van der Waals surface area contributed by atoms with Crippen LogP contribution in [0.3, 0.4) is 0 Å². The van der Waals surface area contributed by atoms with Gasteiger partial charge in [-0.1, -0.05) is 13.8 Å². The molecule has 1 unspecified atom stereocenters. The van der Waals surface area contributed by atoms with Gasteiger partial charge in [-0.3, -0.25) is 5.41 Å². The number of nitrogens with zero attached hydrogens (tertiary/aromatic N) is 1. The first-order valence-corrected chi connectivity index (χ1v) is 5.99. The second-order valence-corrected chi connectivity index (χ2v) is 5.27. The highest BCUT2D eigenvalue weighted by molar-refractivity contribution is 5.82. The van der Waals surface area contributed by atoms with Gasteiger partial charge in [0, 0.05) is 19.1 Å². The van der Waals surface area contributed by atoms with Crippen LogP contribution in [0, 0.1) is 10.8 Å². The molecule has 102 valence electrons. The van der Waals surface area contributed by atoms with Crippen molar-refractivity contribution in [1.29, 1.82) is 5.41 Å². The fraction of sp³-hybridized carbons (Fsp3) is 0.917. The van der Waals surface area contributed by atoms with Crippen LogP contribution >= 0.6 is 0 Å². The Morgan fingerprint density at radius 3 is 2.59 bits per heavy atom. The SMILES string of the molecule is COCC(O)CN(C)CCCC(C)(C)C(=N)N. The van der Waals surface area contributed by atoms with Crippen LogP contribution in [0.2, 0.25) is 0 Å². The van der Waals surface area contributed by atoms with Crippen LogP contribution < -0.4 is 5.73 Å². The van der Waals surface area contributed by atoms with E-state index in [2.05, 4.69) is 4.90 Å². The van der Waals surface area contributed by atoms with Crippen molar-refractivity contribution in [2.24, 2.45) is 11.1 Å². The summed E-state index contributed by atoms with van der Waals surface area (Å²) >= 11 is 0. The Hall–Kier alpha value is -0.650. The van der Waals surface area contributed by atoms with Crippen molar-refractivity contribution in [1.82, 2.24) is 4.90 Å². The molecule has 0 aromatic heterocycles. The number of likely N-dealkylation sites (N-methyl/N-ethyl adjacent to an activating group) is 1. The van der Waals surface area contributed by atoms with E-state index in [9.17, 15) is 5.11 Å². The Bertz CT molecular complexity index is 232. The molecule has 0 aliphatic carbocycles. The molecule has 17 heavy (non-hydrogen) atoms. The van der Waals surface area contributed by atoms with Crippen LogP contribution in [0.4, 0.5) is 0 Å². The third-order valence-corrected chi connectivity index (χ3v) is 2.95. The molecular weight excluding hydrogens is 218 g/mol. The summed E-state index contributed by atoms with van der Waals surface area (Å²) in [6, 6.07) is 0. The lowest BCUT2D eigenvalue weighted by Gasteiger charge is -2.25. The van der Waals surface area contributed by atoms with Gasteiger partial charge in [0.25, 0.3) is 0 Å². The van der Waals surface area contributed by atoms with E-state index in [1.54, 1.807) is 7.11 Å². The third-order valence-electron chi connectivity index (χ3n) is 2.95. The topological polar surface area (TPSA) is 82.6 Å². The molecule has 0 rings (SSSR count). The molecule has 0 amide bonds. The molecule has 0 aromatic rings. The highest BCUT2D eigenvalue weighted by Crippen LogP contribution is 2.21. The highest BCUT2D eigenvalue weighted by atomic mass is 16.5. The summed E-state index contributed by atoms with van der Waals surface area (Å²) in [5.74, 6) is 0.236. The summed E-state index contributed by atoms with van der Waals surface area (Å²) < 4.78 is 4.87. The number of hydrogen-bond donors (Lipinski definition) is 3. The summed E-state index contributed by atoms with van der Waals surface area (Å²) in [6.45, 7) is 5.82. The number of nitrogens with one attached hydrogen (secondary N) is 1.